The van der Waals surface area contributed by atoms with E-state index in [1.807, 2.05) is 48.8 Å². The Morgan fingerprint density at radius 3 is 2.67 bits per heavy atom. The van der Waals surface area contributed by atoms with Gasteiger partial charge in [-0.1, -0.05) is 24.3 Å². The van der Waals surface area contributed by atoms with E-state index in [9.17, 15) is 9.90 Å². The third-order valence-electron chi connectivity index (χ3n) is 9.20. The molecule has 216 valence electrons. The van der Waals surface area contributed by atoms with Crippen LogP contribution < -0.4 is 5.56 Å². The quantitative estimate of drug-likeness (QED) is 0.276. The third kappa shape index (κ3) is 4.56. The lowest BCUT2D eigenvalue weighted by Gasteiger charge is -2.28. The lowest BCUT2D eigenvalue weighted by atomic mass is 10.00. The highest BCUT2D eigenvalue weighted by molar-refractivity contribution is 5.95. The summed E-state index contributed by atoms with van der Waals surface area (Å²) in [5.41, 5.74) is 6.54. The zero-order chi connectivity index (χ0) is 29.1. The third-order valence-corrected chi connectivity index (χ3v) is 9.20. The molecule has 2 N–H and O–H groups in total. The highest BCUT2D eigenvalue weighted by atomic mass is 16.3. The van der Waals surface area contributed by atoms with Crippen molar-refractivity contribution in [1.82, 2.24) is 34.2 Å². The van der Waals surface area contributed by atoms with E-state index in [1.54, 1.807) is 4.57 Å². The van der Waals surface area contributed by atoms with Crippen LogP contribution in [0.4, 0.5) is 0 Å². The molecule has 2 aliphatic rings. The molecule has 5 heterocycles. The number of H-pyrrole nitrogens is 1. The van der Waals surface area contributed by atoms with Crippen LogP contribution in [0.25, 0.3) is 50.0 Å². The van der Waals surface area contributed by atoms with Crippen molar-refractivity contribution in [1.29, 1.82) is 0 Å². The normalized spacial score (nSPS) is 16.4. The summed E-state index contributed by atoms with van der Waals surface area (Å²) in [7, 11) is 2.16. The van der Waals surface area contributed by atoms with E-state index in [-0.39, 0.29) is 12.2 Å². The van der Waals surface area contributed by atoms with Crippen LogP contribution in [0.1, 0.15) is 48.8 Å². The van der Waals surface area contributed by atoms with Crippen LogP contribution in [-0.2, 0) is 6.61 Å². The van der Waals surface area contributed by atoms with Crippen molar-refractivity contribution in [3.05, 3.63) is 94.9 Å². The van der Waals surface area contributed by atoms with E-state index in [0.717, 1.165) is 53.5 Å². The van der Waals surface area contributed by atoms with E-state index in [4.69, 9.17) is 0 Å². The summed E-state index contributed by atoms with van der Waals surface area (Å²) in [6.07, 6.45) is 12.0. The summed E-state index contributed by atoms with van der Waals surface area (Å²) >= 11 is 0. The second-order valence-corrected chi connectivity index (χ2v) is 12.0. The van der Waals surface area contributed by atoms with Gasteiger partial charge in [-0.05, 0) is 87.0 Å². The Balaban J connectivity index is 1.18. The van der Waals surface area contributed by atoms with E-state index in [0.29, 0.717) is 39.9 Å². The van der Waals surface area contributed by atoms with Gasteiger partial charge in [0.25, 0.3) is 5.56 Å². The summed E-state index contributed by atoms with van der Waals surface area (Å²) in [5.74, 6) is 0.624. The molecule has 6 aromatic rings. The Morgan fingerprint density at radius 2 is 1.86 bits per heavy atom. The second kappa shape index (κ2) is 10.3. The number of hydrogen-bond donors (Lipinski definition) is 2. The number of rotatable bonds is 6. The molecule has 2 fully saturated rings. The first-order valence-electron chi connectivity index (χ1n) is 15.0. The highest BCUT2D eigenvalue weighted by Gasteiger charge is 2.24. The average Bonchev–Trinajstić information content (AvgIpc) is 3.60. The van der Waals surface area contributed by atoms with E-state index >= 15 is 0 Å². The van der Waals surface area contributed by atoms with Gasteiger partial charge in [-0.3, -0.25) is 14.0 Å². The standard InChI is InChI=1S/C34H33N7O2/c1-39-12-10-25(11-13-39)41-18-24(17-37-41)30-16-28-32(35-20-36-33(28)38-30)27-3-2-4-31(29(27)19-42)40-14-9-23-15-22(21-5-6-21)7-8-26(23)34(40)43/h2-4,7-9,14-18,20-21,25,42H,5-6,10-13,19H2,1H3,(H,35,36,38). The van der Waals surface area contributed by atoms with E-state index in [2.05, 4.69) is 55.0 Å². The lowest BCUT2D eigenvalue weighted by Crippen LogP contribution is -2.31. The fourth-order valence-electron chi connectivity index (χ4n) is 6.56. The highest BCUT2D eigenvalue weighted by Crippen LogP contribution is 2.41. The molecule has 9 heteroatoms. The number of aromatic amines is 1. The molecule has 1 saturated carbocycles. The number of aromatic nitrogens is 6. The van der Waals surface area contributed by atoms with Crippen LogP contribution in [0.5, 0.6) is 0 Å². The second-order valence-electron chi connectivity index (χ2n) is 12.0. The smallest absolute Gasteiger partial charge is 0.262 e. The molecule has 0 spiro atoms. The number of aliphatic hydroxyl groups excluding tert-OH is 1. The zero-order valence-electron chi connectivity index (χ0n) is 24.1. The van der Waals surface area contributed by atoms with Crippen LogP contribution in [0.3, 0.4) is 0 Å². The Morgan fingerprint density at radius 1 is 1.00 bits per heavy atom. The molecule has 0 amide bonds. The SMILES string of the molecule is CN1CCC(n2cc(-c3cc4c(-c5cccc(-n6ccc7cc(C8CC8)ccc7c6=O)c5CO)ncnc4[nH]3)cn2)CC1. The maximum Gasteiger partial charge on any atom is 0.262 e. The van der Waals surface area contributed by atoms with Crippen LogP contribution in [0, 0.1) is 0 Å². The zero-order valence-corrected chi connectivity index (χ0v) is 24.1. The summed E-state index contributed by atoms with van der Waals surface area (Å²) in [5, 5.41) is 17.8. The van der Waals surface area contributed by atoms with Crippen molar-refractivity contribution < 1.29 is 5.11 Å². The van der Waals surface area contributed by atoms with Gasteiger partial charge in [0.15, 0.2) is 0 Å². The molecule has 43 heavy (non-hydrogen) atoms. The number of nitrogens with one attached hydrogen (secondary N) is 1. The minimum Gasteiger partial charge on any atom is -0.392 e. The Labute approximate surface area is 248 Å². The Kier molecular flexibility index (Phi) is 6.24. The van der Waals surface area contributed by atoms with Crippen LogP contribution in [-0.4, -0.2) is 59.4 Å². The molecule has 8 rings (SSSR count). The average molecular weight is 572 g/mol. The van der Waals surface area contributed by atoms with Gasteiger partial charge < -0.3 is 15.0 Å². The molecule has 1 saturated heterocycles. The summed E-state index contributed by atoms with van der Waals surface area (Å²) in [4.78, 5) is 28.7. The van der Waals surface area contributed by atoms with Crippen LogP contribution >= 0.6 is 0 Å². The number of benzene rings is 2. The van der Waals surface area contributed by atoms with Crippen molar-refractivity contribution in [2.75, 3.05) is 20.1 Å². The lowest BCUT2D eigenvalue weighted by molar-refractivity contribution is 0.212. The van der Waals surface area contributed by atoms with Gasteiger partial charge in [-0.2, -0.15) is 5.10 Å². The first-order chi connectivity index (χ1) is 21.1. The Bertz CT molecular complexity index is 2040. The molecule has 1 aliphatic carbocycles. The number of aliphatic hydroxyl groups is 1. The maximum absolute atomic E-state index is 13.7. The topological polar surface area (TPSA) is 105 Å². The van der Waals surface area contributed by atoms with Crippen molar-refractivity contribution in [2.24, 2.45) is 0 Å². The molecule has 1 aliphatic heterocycles. The van der Waals surface area contributed by atoms with E-state index in [1.165, 1.54) is 24.7 Å². The fourth-order valence-corrected chi connectivity index (χ4v) is 6.56. The van der Waals surface area contributed by atoms with Gasteiger partial charge in [-0.15, -0.1) is 0 Å². The Hall–Kier alpha value is -4.60. The monoisotopic (exact) mass is 571 g/mol. The van der Waals surface area contributed by atoms with Gasteiger partial charge in [0.05, 0.1) is 35.9 Å². The number of hydrogen-bond acceptors (Lipinski definition) is 6. The molecule has 0 atom stereocenters. The predicted octanol–water partition coefficient (Wildman–Crippen LogP) is 5.43. The molecule has 0 bridgehead atoms. The van der Waals surface area contributed by atoms with Gasteiger partial charge >= 0.3 is 0 Å². The minimum absolute atomic E-state index is 0.106. The van der Waals surface area contributed by atoms with Crippen molar-refractivity contribution in [2.45, 2.75) is 44.2 Å². The molecular formula is C34H33N7O2. The molecule has 2 aromatic carbocycles. The van der Waals surface area contributed by atoms with Crippen LogP contribution in [0.15, 0.2) is 78.2 Å². The van der Waals surface area contributed by atoms with E-state index < -0.39 is 0 Å². The van der Waals surface area contributed by atoms with Crippen molar-refractivity contribution >= 4 is 21.8 Å². The van der Waals surface area contributed by atoms with Gasteiger partial charge in [-0.25, -0.2) is 9.97 Å². The first-order valence-corrected chi connectivity index (χ1v) is 15.0. The first kappa shape index (κ1) is 26.1. The minimum atomic E-state index is -0.247. The van der Waals surface area contributed by atoms with Crippen molar-refractivity contribution in [3.63, 3.8) is 0 Å². The molecular weight excluding hydrogens is 538 g/mol. The fraction of sp³-hybridized carbons (Fsp3) is 0.294. The predicted molar refractivity (Wildman–Crippen MR) is 167 cm³/mol. The summed E-state index contributed by atoms with van der Waals surface area (Å²) < 4.78 is 3.72. The maximum atomic E-state index is 13.7. The summed E-state index contributed by atoms with van der Waals surface area (Å²) in [6.45, 7) is 1.90. The summed E-state index contributed by atoms with van der Waals surface area (Å²) in [6, 6.07) is 16.3. The number of pyridine rings is 1. The molecule has 0 radical (unpaired) electrons. The molecule has 0 unspecified atom stereocenters. The largest absolute Gasteiger partial charge is 0.392 e. The number of nitrogens with zero attached hydrogens (tertiary/aromatic N) is 6. The van der Waals surface area contributed by atoms with Gasteiger partial charge in [0.1, 0.15) is 12.0 Å². The van der Waals surface area contributed by atoms with Gasteiger partial charge in [0.2, 0.25) is 0 Å². The number of piperidine rings is 1. The number of fused-ring (bicyclic) bond motifs is 2. The van der Waals surface area contributed by atoms with Crippen molar-refractivity contribution in [3.8, 4) is 28.2 Å². The molecule has 9 nitrogen and oxygen atoms in total. The molecule has 4 aromatic heterocycles. The van der Waals surface area contributed by atoms with Gasteiger partial charge in [0, 0.05) is 39.9 Å². The van der Waals surface area contributed by atoms with Crippen LogP contribution in [0.2, 0.25) is 0 Å². The number of likely N-dealkylation sites (tertiary alicyclic amines) is 1.